The van der Waals surface area contributed by atoms with Crippen molar-refractivity contribution in [3.05, 3.63) is 64.3 Å². The highest BCUT2D eigenvalue weighted by Gasteiger charge is 2.07. The molecule has 0 aliphatic rings. The molecule has 27 heavy (non-hydrogen) atoms. The van der Waals surface area contributed by atoms with Gasteiger partial charge in [0.1, 0.15) is 36.2 Å². The smallest absolute Gasteiger partial charge is 0.134 e. The van der Waals surface area contributed by atoms with Crippen LogP contribution in [0.2, 0.25) is 0 Å². The van der Waals surface area contributed by atoms with E-state index in [-0.39, 0.29) is 0 Å². The summed E-state index contributed by atoms with van der Waals surface area (Å²) in [6.07, 6.45) is 3.73. The highest BCUT2D eigenvalue weighted by atomic mass is 79.9. The summed E-state index contributed by atoms with van der Waals surface area (Å²) in [5.41, 5.74) is 0. The van der Waals surface area contributed by atoms with Crippen molar-refractivity contribution >= 4 is 95.6 Å². The van der Waals surface area contributed by atoms with E-state index in [0.29, 0.717) is 24.7 Å². The van der Waals surface area contributed by atoms with Crippen molar-refractivity contribution in [2.45, 2.75) is 0 Å². The molecule has 0 fully saturated rings. The van der Waals surface area contributed by atoms with Crippen molar-refractivity contribution in [3.63, 3.8) is 0 Å². The predicted octanol–water partition coefficient (Wildman–Crippen LogP) is 9.02. The van der Waals surface area contributed by atoms with Crippen LogP contribution in [-0.4, -0.2) is 13.2 Å². The van der Waals surface area contributed by atoms with Crippen LogP contribution in [0.3, 0.4) is 0 Å². The zero-order chi connectivity index (χ0) is 19.8. The Morgan fingerprint density at radius 2 is 1.11 bits per heavy atom. The van der Waals surface area contributed by atoms with Gasteiger partial charge in [-0.25, -0.2) is 0 Å². The highest BCUT2D eigenvalue weighted by molar-refractivity contribution is 9.28. The summed E-state index contributed by atoms with van der Waals surface area (Å²) in [5, 5.41) is 0. The molecule has 2 aromatic carbocycles. The molecular weight excluding hydrogens is 744 g/mol. The van der Waals surface area contributed by atoms with E-state index in [9.17, 15) is 0 Å². The number of benzene rings is 2. The summed E-state index contributed by atoms with van der Waals surface area (Å²) in [7, 11) is 0. The fourth-order valence-electron chi connectivity index (χ4n) is 1.85. The van der Waals surface area contributed by atoms with E-state index in [1.807, 2.05) is 48.6 Å². The Morgan fingerprint density at radius 1 is 0.704 bits per heavy atom. The molecule has 0 atom stereocenters. The fraction of sp³-hybridized carbons (Fsp3) is 0.111. The van der Waals surface area contributed by atoms with Crippen LogP contribution in [-0.2, 0) is 0 Å². The molecule has 0 amide bonds. The number of hydrogen-bond donors (Lipinski definition) is 0. The second-order valence-electron chi connectivity index (χ2n) is 4.90. The molecule has 2 aromatic rings. The summed E-state index contributed by atoms with van der Waals surface area (Å²) in [5.74, 6) is 2.85. The molecule has 0 saturated heterocycles. The van der Waals surface area contributed by atoms with Gasteiger partial charge in [0.2, 0.25) is 0 Å². The standard InChI is InChI=1S/C18H12Br6O3/c19-13-9-11(1-3-15(13)25-7-5-17(21)22)27-12-2-4-16(14(20)10-12)26-8-6-18(23)24/h1-6,9-10H,7-8H2. The first-order valence-electron chi connectivity index (χ1n) is 7.40. The van der Waals surface area contributed by atoms with E-state index in [1.165, 1.54) is 0 Å². The summed E-state index contributed by atoms with van der Waals surface area (Å²) >= 11 is 20.2. The van der Waals surface area contributed by atoms with E-state index in [0.717, 1.165) is 27.2 Å². The molecular formula is C18H12Br6O3. The van der Waals surface area contributed by atoms with Crippen LogP contribution in [0, 0.1) is 0 Å². The SMILES string of the molecule is BrC(Br)=CCOc1ccc(Oc2ccc(OCC=C(Br)Br)c(Br)c2)cc1Br. The van der Waals surface area contributed by atoms with Crippen LogP contribution in [0.4, 0.5) is 0 Å². The van der Waals surface area contributed by atoms with E-state index in [2.05, 4.69) is 95.6 Å². The van der Waals surface area contributed by atoms with Gasteiger partial charge < -0.3 is 14.2 Å². The van der Waals surface area contributed by atoms with Gasteiger partial charge in [0.15, 0.2) is 0 Å². The fourth-order valence-corrected chi connectivity index (χ4v) is 3.32. The van der Waals surface area contributed by atoms with Crippen LogP contribution in [0.25, 0.3) is 0 Å². The predicted molar refractivity (Wildman–Crippen MR) is 131 cm³/mol. The number of hydrogen-bond acceptors (Lipinski definition) is 3. The third kappa shape index (κ3) is 8.62. The van der Waals surface area contributed by atoms with Crippen molar-refractivity contribution in [3.8, 4) is 23.0 Å². The van der Waals surface area contributed by atoms with Crippen molar-refractivity contribution in [2.75, 3.05) is 13.2 Å². The van der Waals surface area contributed by atoms with Crippen molar-refractivity contribution in [2.24, 2.45) is 0 Å². The molecule has 0 unspecified atom stereocenters. The van der Waals surface area contributed by atoms with Gasteiger partial charge in [0.25, 0.3) is 0 Å². The topological polar surface area (TPSA) is 27.7 Å². The van der Waals surface area contributed by atoms with Crippen molar-refractivity contribution in [1.29, 1.82) is 0 Å². The lowest BCUT2D eigenvalue weighted by atomic mass is 10.3. The Balaban J connectivity index is 2.02. The van der Waals surface area contributed by atoms with Gasteiger partial charge in [0.05, 0.1) is 15.7 Å². The van der Waals surface area contributed by atoms with Gasteiger partial charge in [0, 0.05) is 0 Å². The number of rotatable bonds is 8. The van der Waals surface area contributed by atoms with Crippen LogP contribution in [0.15, 0.2) is 64.3 Å². The Labute approximate surface area is 208 Å². The van der Waals surface area contributed by atoms with E-state index in [1.54, 1.807) is 0 Å². The summed E-state index contributed by atoms with van der Waals surface area (Å²) in [4.78, 5) is 0. The third-order valence-corrected chi connectivity index (χ3v) is 5.53. The molecule has 0 N–H and O–H groups in total. The average Bonchev–Trinajstić information content (AvgIpc) is 2.58. The highest BCUT2D eigenvalue weighted by Crippen LogP contribution is 2.35. The molecule has 0 saturated carbocycles. The molecule has 0 spiro atoms. The summed E-state index contributed by atoms with van der Waals surface area (Å²) < 4.78 is 20.6. The minimum atomic E-state index is 0.444. The second-order valence-corrected chi connectivity index (χ2v) is 12.2. The quantitative estimate of drug-likeness (QED) is 0.269. The first-order chi connectivity index (χ1) is 12.8. The Morgan fingerprint density at radius 3 is 1.44 bits per heavy atom. The Hall–Kier alpha value is 0.200. The molecule has 9 heteroatoms. The molecule has 3 nitrogen and oxygen atoms in total. The molecule has 0 aliphatic carbocycles. The molecule has 0 bridgehead atoms. The average molecular weight is 756 g/mol. The van der Waals surface area contributed by atoms with Gasteiger partial charge in [-0.1, -0.05) is 0 Å². The zero-order valence-electron chi connectivity index (χ0n) is 13.5. The Bertz CT molecular complexity index is 773. The van der Waals surface area contributed by atoms with Crippen LogP contribution >= 0.6 is 95.6 Å². The first kappa shape index (κ1) is 23.5. The second kappa shape index (κ2) is 12.0. The number of halogens is 6. The van der Waals surface area contributed by atoms with Crippen LogP contribution < -0.4 is 14.2 Å². The van der Waals surface area contributed by atoms with Gasteiger partial charge in [-0.3, -0.25) is 0 Å². The lowest BCUT2D eigenvalue weighted by Gasteiger charge is -2.11. The van der Waals surface area contributed by atoms with Gasteiger partial charge in [-0.2, -0.15) is 0 Å². The lowest BCUT2D eigenvalue weighted by Crippen LogP contribution is -1.95. The molecule has 0 aromatic heterocycles. The largest absolute Gasteiger partial charge is 0.488 e. The maximum Gasteiger partial charge on any atom is 0.134 e. The lowest BCUT2D eigenvalue weighted by molar-refractivity contribution is 0.359. The monoisotopic (exact) mass is 750 g/mol. The molecule has 2 rings (SSSR count). The first-order valence-corrected chi connectivity index (χ1v) is 12.2. The minimum Gasteiger partial charge on any atom is -0.488 e. The van der Waals surface area contributed by atoms with Crippen molar-refractivity contribution in [1.82, 2.24) is 0 Å². The van der Waals surface area contributed by atoms with E-state index < -0.39 is 0 Å². The summed E-state index contributed by atoms with van der Waals surface area (Å²) in [6, 6.07) is 11.1. The molecule has 0 aliphatic heterocycles. The third-order valence-electron chi connectivity index (χ3n) is 3.00. The molecule has 144 valence electrons. The van der Waals surface area contributed by atoms with Crippen LogP contribution in [0.1, 0.15) is 0 Å². The molecule has 0 heterocycles. The van der Waals surface area contributed by atoms with Gasteiger partial charge >= 0.3 is 0 Å². The maximum atomic E-state index is 5.91. The molecule has 0 radical (unpaired) electrons. The minimum absolute atomic E-state index is 0.444. The maximum absolute atomic E-state index is 5.91. The summed E-state index contributed by atoms with van der Waals surface area (Å²) in [6.45, 7) is 0.889. The van der Waals surface area contributed by atoms with Gasteiger partial charge in [-0.15, -0.1) is 0 Å². The Kier molecular flexibility index (Phi) is 10.5. The van der Waals surface area contributed by atoms with Crippen LogP contribution in [0.5, 0.6) is 23.0 Å². The van der Waals surface area contributed by atoms with E-state index in [4.69, 9.17) is 14.2 Å². The number of ether oxygens (including phenoxy) is 3. The zero-order valence-corrected chi connectivity index (χ0v) is 23.0. The normalized spacial score (nSPS) is 10.1. The van der Waals surface area contributed by atoms with E-state index >= 15 is 0 Å². The van der Waals surface area contributed by atoms with Gasteiger partial charge in [-0.05, 0) is 144 Å². The van der Waals surface area contributed by atoms with Crippen molar-refractivity contribution < 1.29 is 14.2 Å².